The Balaban J connectivity index is 2.53. The van der Waals surface area contributed by atoms with Crippen LogP contribution in [0.4, 0.5) is 0 Å². The molecule has 7 nitrogen and oxygen atoms in total. The fourth-order valence-electron chi connectivity index (χ4n) is 0.107. The molecule has 7 heteroatoms. The van der Waals surface area contributed by atoms with Crippen molar-refractivity contribution in [1.82, 2.24) is 16.8 Å². The summed E-state index contributed by atoms with van der Waals surface area (Å²) in [5.74, 6) is 4.49. The van der Waals surface area contributed by atoms with Gasteiger partial charge in [0.15, 0.2) is 0 Å². The van der Waals surface area contributed by atoms with Crippen LogP contribution in [0.25, 0.3) is 0 Å². The minimum Gasteiger partial charge on any atom is -0.279 e. The van der Waals surface area contributed by atoms with Gasteiger partial charge in [0.2, 0.25) is 0 Å². The van der Waals surface area contributed by atoms with Crippen molar-refractivity contribution in [1.29, 1.82) is 0 Å². The number of nitrogens with one attached hydrogen (secondary N) is 3. The molecular weight excluding hydrogens is 116 g/mol. The SMILES string of the molecule is CONONNON. The first kappa shape index (κ1) is 7.72. The molecule has 50 valence electrons. The van der Waals surface area contributed by atoms with Gasteiger partial charge in [-0.05, 0) is 0 Å². The van der Waals surface area contributed by atoms with E-state index in [-0.39, 0.29) is 0 Å². The Labute approximate surface area is 45.8 Å². The summed E-state index contributed by atoms with van der Waals surface area (Å²) in [7, 11) is 1.38. The highest BCUT2D eigenvalue weighted by Crippen LogP contribution is 1.49. The van der Waals surface area contributed by atoms with Crippen LogP contribution in [0.1, 0.15) is 0 Å². The molecule has 0 atom stereocenters. The Morgan fingerprint density at radius 2 is 2.12 bits per heavy atom. The summed E-state index contributed by atoms with van der Waals surface area (Å²) in [4.78, 5) is 12.2. The van der Waals surface area contributed by atoms with Crippen LogP contribution < -0.4 is 22.7 Å². The van der Waals surface area contributed by atoms with Gasteiger partial charge in [-0.25, -0.2) is 0 Å². The van der Waals surface area contributed by atoms with Gasteiger partial charge in [-0.1, -0.05) is 16.8 Å². The topological polar surface area (TPSA) is 89.8 Å². The van der Waals surface area contributed by atoms with Gasteiger partial charge in [0, 0.05) is 0 Å². The number of rotatable bonds is 5. The largest absolute Gasteiger partial charge is 0.279 e. The third-order valence-corrected chi connectivity index (χ3v) is 0.277. The summed E-state index contributed by atoms with van der Waals surface area (Å²) in [6.45, 7) is 0. The lowest BCUT2D eigenvalue weighted by Crippen LogP contribution is -2.38. The zero-order chi connectivity index (χ0) is 6.24. The minimum absolute atomic E-state index is 1.38. The molecule has 0 aromatic rings. The summed E-state index contributed by atoms with van der Waals surface area (Å²) in [6.07, 6.45) is 0. The molecule has 0 heterocycles. The summed E-state index contributed by atoms with van der Waals surface area (Å²) in [5, 5.41) is 0. The average molecular weight is 124 g/mol. The monoisotopic (exact) mass is 124 g/mol. The molecule has 0 radical (unpaired) electrons. The van der Waals surface area contributed by atoms with Crippen LogP contribution in [0.2, 0.25) is 0 Å². The van der Waals surface area contributed by atoms with Crippen molar-refractivity contribution in [3.8, 4) is 0 Å². The zero-order valence-corrected chi connectivity index (χ0v) is 4.30. The van der Waals surface area contributed by atoms with Gasteiger partial charge in [-0.3, -0.25) is 4.84 Å². The van der Waals surface area contributed by atoms with Gasteiger partial charge in [0.1, 0.15) is 0 Å². The second kappa shape index (κ2) is 6.72. The molecule has 0 rings (SSSR count). The molecule has 0 bridgehead atoms. The molecule has 0 aromatic carbocycles. The molecule has 0 spiro atoms. The highest BCUT2D eigenvalue weighted by atomic mass is 17.0. The van der Waals surface area contributed by atoms with Crippen LogP contribution in [-0.2, 0) is 14.7 Å². The van der Waals surface area contributed by atoms with Gasteiger partial charge in [0.05, 0.1) is 7.11 Å². The first-order chi connectivity index (χ1) is 3.91. The third kappa shape index (κ3) is 5.72. The molecule has 0 aliphatic carbocycles. The summed E-state index contributed by atoms with van der Waals surface area (Å²) in [6, 6.07) is 0. The Bertz CT molecular complexity index is 36.3. The first-order valence-electron chi connectivity index (χ1n) is 1.71. The maximum absolute atomic E-state index is 4.49. The van der Waals surface area contributed by atoms with Gasteiger partial charge >= 0.3 is 0 Å². The van der Waals surface area contributed by atoms with E-state index in [9.17, 15) is 0 Å². The van der Waals surface area contributed by atoms with E-state index in [0.717, 1.165) is 0 Å². The fraction of sp³-hybridized carbons (Fsp3) is 1.00. The molecule has 0 amide bonds. The minimum atomic E-state index is 1.38. The maximum atomic E-state index is 4.49. The van der Waals surface area contributed by atoms with Crippen LogP contribution in [0, 0.1) is 0 Å². The van der Waals surface area contributed by atoms with Gasteiger partial charge in [-0.2, -0.15) is 15.8 Å². The Kier molecular flexibility index (Phi) is 6.48. The van der Waals surface area contributed by atoms with Crippen LogP contribution >= 0.6 is 0 Å². The van der Waals surface area contributed by atoms with Crippen molar-refractivity contribution < 1.29 is 14.7 Å². The highest BCUT2D eigenvalue weighted by molar-refractivity contribution is 3.74. The Morgan fingerprint density at radius 3 is 2.62 bits per heavy atom. The second-order valence-corrected chi connectivity index (χ2v) is 0.711. The Morgan fingerprint density at radius 1 is 1.38 bits per heavy atom. The number of nitrogens with two attached hydrogens (primary N) is 1. The molecule has 0 aromatic heterocycles. The molecule has 0 saturated heterocycles. The molecule has 5 N–H and O–H groups in total. The van der Waals surface area contributed by atoms with E-state index in [0.29, 0.717) is 0 Å². The summed E-state index contributed by atoms with van der Waals surface area (Å²) >= 11 is 0. The van der Waals surface area contributed by atoms with E-state index in [4.69, 9.17) is 0 Å². The van der Waals surface area contributed by atoms with Gasteiger partial charge in [-0.15, -0.1) is 0 Å². The number of hydrogen-bond acceptors (Lipinski definition) is 7. The second-order valence-electron chi connectivity index (χ2n) is 0.711. The smallest absolute Gasteiger partial charge is 0.0599 e. The molecule has 0 saturated carbocycles. The van der Waals surface area contributed by atoms with Crippen molar-refractivity contribution in [2.75, 3.05) is 7.11 Å². The Hall–Kier alpha value is -0.280. The lowest BCUT2D eigenvalue weighted by atomic mass is 11.7. The highest BCUT2D eigenvalue weighted by Gasteiger charge is 1.76. The van der Waals surface area contributed by atoms with Crippen LogP contribution in [-0.4, -0.2) is 7.11 Å². The number of hydrazine groups is 1. The number of hydrogen-bond donors (Lipinski definition) is 4. The third-order valence-electron chi connectivity index (χ3n) is 0.277. The van der Waals surface area contributed by atoms with Crippen molar-refractivity contribution >= 4 is 0 Å². The molecule has 0 aliphatic heterocycles. The van der Waals surface area contributed by atoms with E-state index >= 15 is 0 Å². The normalized spacial score (nSPS) is 9.75. The van der Waals surface area contributed by atoms with E-state index in [2.05, 4.69) is 20.6 Å². The molecule has 8 heavy (non-hydrogen) atoms. The van der Waals surface area contributed by atoms with Crippen molar-refractivity contribution in [2.24, 2.45) is 5.90 Å². The van der Waals surface area contributed by atoms with E-state index in [1.54, 1.807) is 0 Å². The summed E-state index contributed by atoms with van der Waals surface area (Å²) in [5.41, 5.74) is 5.92. The fourth-order valence-corrected chi connectivity index (χ4v) is 0.107. The van der Waals surface area contributed by atoms with Gasteiger partial charge in [0.25, 0.3) is 0 Å². The molecular formula is CH8N4O3. The lowest BCUT2D eigenvalue weighted by Gasteiger charge is -2.01. The van der Waals surface area contributed by atoms with Gasteiger partial charge < -0.3 is 0 Å². The van der Waals surface area contributed by atoms with Crippen molar-refractivity contribution in [3.63, 3.8) is 0 Å². The molecule has 0 aliphatic rings. The van der Waals surface area contributed by atoms with E-state index in [1.165, 1.54) is 7.11 Å². The van der Waals surface area contributed by atoms with E-state index < -0.39 is 0 Å². The standard InChI is InChI=1S/CH8N4O3/c1-6-5-8-4-3-7-2/h3-5H,2H2,1H3. The maximum Gasteiger partial charge on any atom is 0.0599 e. The molecule has 0 unspecified atom stereocenters. The predicted molar refractivity (Wildman–Crippen MR) is 22.8 cm³/mol. The lowest BCUT2D eigenvalue weighted by molar-refractivity contribution is -0.235. The summed E-state index contributed by atoms with van der Waals surface area (Å²) < 4.78 is 0. The zero-order valence-electron chi connectivity index (χ0n) is 4.30. The molecule has 0 fully saturated rings. The van der Waals surface area contributed by atoms with Crippen LogP contribution in [0.5, 0.6) is 0 Å². The first-order valence-corrected chi connectivity index (χ1v) is 1.71. The quantitative estimate of drug-likeness (QED) is 0.246. The van der Waals surface area contributed by atoms with Crippen molar-refractivity contribution in [2.45, 2.75) is 0 Å². The average Bonchev–Trinajstić information content (AvgIpc) is 1.81. The van der Waals surface area contributed by atoms with Crippen LogP contribution in [0.15, 0.2) is 0 Å². The van der Waals surface area contributed by atoms with Crippen LogP contribution in [0.3, 0.4) is 0 Å². The predicted octanol–water partition coefficient (Wildman–Crippen LogP) is -2.12. The van der Waals surface area contributed by atoms with E-state index in [1.807, 2.05) is 16.8 Å². The van der Waals surface area contributed by atoms with Crippen molar-refractivity contribution in [3.05, 3.63) is 0 Å².